The van der Waals surface area contributed by atoms with Gasteiger partial charge in [-0.1, -0.05) is 41.9 Å². The molecule has 0 aromatic heterocycles. The summed E-state index contributed by atoms with van der Waals surface area (Å²) in [6.45, 7) is 4.17. The van der Waals surface area contributed by atoms with Crippen molar-refractivity contribution in [2.24, 2.45) is 0 Å². The number of halogens is 2. The third-order valence-corrected chi connectivity index (χ3v) is 7.07. The summed E-state index contributed by atoms with van der Waals surface area (Å²) >= 11 is 12.3. The number of benzene rings is 2. The second-order valence-electron chi connectivity index (χ2n) is 6.85. The molecule has 0 saturated carbocycles. The van der Waals surface area contributed by atoms with E-state index >= 15 is 0 Å². The SMILES string of the molecule is C=CCOc1ccc(C(=O)N(Cc2ccc(Cl)cc2Cl)[C@H]2CCS(=O)(=O)C2)cc1. The van der Waals surface area contributed by atoms with Crippen molar-refractivity contribution in [3.8, 4) is 5.75 Å². The minimum absolute atomic E-state index is 0.0511. The predicted molar refractivity (Wildman–Crippen MR) is 116 cm³/mol. The highest BCUT2D eigenvalue weighted by molar-refractivity contribution is 7.91. The molecule has 5 nitrogen and oxygen atoms in total. The molecule has 2 aromatic rings. The molecule has 0 aliphatic carbocycles. The Hall–Kier alpha value is -2.02. The van der Waals surface area contributed by atoms with Crippen LogP contribution in [0.1, 0.15) is 22.3 Å². The van der Waals surface area contributed by atoms with Gasteiger partial charge < -0.3 is 9.64 Å². The molecule has 154 valence electrons. The van der Waals surface area contributed by atoms with E-state index in [2.05, 4.69) is 6.58 Å². The van der Waals surface area contributed by atoms with Gasteiger partial charge >= 0.3 is 0 Å². The van der Waals surface area contributed by atoms with Crippen molar-refractivity contribution < 1.29 is 17.9 Å². The summed E-state index contributed by atoms with van der Waals surface area (Å²) in [5, 5.41) is 0.930. The summed E-state index contributed by atoms with van der Waals surface area (Å²) in [5.74, 6) is 0.389. The quantitative estimate of drug-likeness (QED) is 0.583. The van der Waals surface area contributed by atoms with E-state index in [9.17, 15) is 13.2 Å². The number of hydrogen-bond acceptors (Lipinski definition) is 4. The average Bonchev–Trinajstić information content (AvgIpc) is 3.05. The third-order valence-electron chi connectivity index (χ3n) is 4.73. The van der Waals surface area contributed by atoms with Crippen LogP contribution >= 0.6 is 23.2 Å². The summed E-state index contributed by atoms with van der Waals surface area (Å²) in [4.78, 5) is 14.8. The summed E-state index contributed by atoms with van der Waals surface area (Å²) in [6.07, 6.45) is 2.04. The highest BCUT2D eigenvalue weighted by atomic mass is 35.5. The summed E-state index contributed by atoms with van der Waals surface area (Å²) in [7, 11) is -3.16. The highest BCUT2D eigenvalue weighted by Gasteiger charge is 2.35. The van der Waals surface area contributed by atoms with Gasteiger partial charge in [0.2, 0.25) is 0 Å². The van der Waals surface area contributed by atoms with Crippen LogP contribution in [0, 0.1) is 0 Å². The minimum Gasteiger partial charge on any atom is -0.490 e. The minimum atomic E-state index is -3.16. The van der Waals surface area contributed by atoms with E-state index in [0.717, 1.165) is 0 Å². The third kappa shape index (κ3) is 5.53. The molecule has 1 saturated heterocycles. The van der Waals surface area contributed by atoms with E-state index < -0.39 is 15.9 Å². The Morgan fingerprint density at radius 1 is 1.21 bits per heavy atom. The number of amides is 1. The zero-order valence-electron chi connectivity index (χ0n) is 15.7. The zero-order valence-corrected chi connectivity index (χ0v) is 18.0. The largest absolute Gasteiger partial charge is 0.490 e. The van der Waals surface area contributed by atoms with Gasteiger partial charge in [0.05, 0.1) is 11.5 Å². The lowest BCUT2D eigenvalue weighted by Crippen LogP contribution is -2.40. The molecule has 1 aliphatic rings. The van der Waals surface area contributed by atoms with E-state index in [-0.39, 0.29) is 24.0 Å². The second-order valence-corrected chi connectivity index (χ2v) is 9.92. The molecule has 29 heavy (non-hydrogen) atoms. The van der Waals surface area contributed by atoms with Gasteiger partial charge in [-0.05, 0) is 48.4 Å². The normalized spacial score (nSPS) is 17.7. The molecule has 2 aromatic carbocycles. The maximum Gasteiger partial charge on any atom is 0.254 e. The van der Waals surface area contributed by atoms with E-state index in [4.69, 9.17) is 27.9 Å². The van der Waals surface area contributed by atoms with Crippen molar-refractivity contribution in [2.75, 3.05) is 18.1 Å². The first-order chi connectivity index (χ1) is 13.8. The molecule has 8 heteroatoms. The molecule has 1 atom stereocenters. The van der Waals surface area contributed by atoms with Crippen LogP contribution in [0.4, 0.5) is 0 Å². The molecule has 0 spiro atoms. The molecule has 1 fully saturated rings. The predicted octanol–water partition coefficient (Wildman–Crippen LogP) is 4.39. The van der Waals surface area contributed by atoms with E-state index in [1.54, 1.807) is 53.4 Å². The van der Waals surface area contributed by atoms with Crippen LogP contribution in [0.2, 0.25) is 10.0 Å². The fourth-order valence-electron chi connectivity index (χ4n) is 3.24. The Morgan fingerprint density at radius 2 is 1.93 bits per heavy atom. The fraction of sp³-hybridized carbons (Fsp3) is 0.286. The van der Waals surface area contributed by atoms with Crippen molar-refractivity contribution in [3.05, 3.63) is 76.3 Å². The van der Waals surface area contributed by atoms with Crippen molar-refractivity contribution in [1.29, 1.82) is 0 Å². The summed E-state index contributed by atoms with van der Waals surface area (Å²) in [6, 6.07) is 11.4. The van der Waals surface area contributed by atoms with Gasteiger partial charge in [-0.25, -0.2) is 8.42 Å². The first-order valence-corrected chi connectivity index (χ1v) is 11.7. The van der Waals surface area contributed by atoms with Crippen molar-refractivity contribution in [3.63, 3.8) is 0 Å². The molecule has 1 amide bonds. The van der Waals surface area contributed by atoms with E-state index in [1.807, 2.05) is 0 Å². The van der Waals surface area contributed by atoms with Crippen LogP contribution in [0.25, 0.3) is 0 Å². The number of hydrogen-bond donors (Lipinski definition) is 0. The monoisotopic (exact) mass is 453 g/mol. The van der Waals surface area contributed by atoms with Crippen molar-refractivity contribution in [1.82, 2.24) is 4.90 Å². The lowest BCUT2D eigenvalue weighted by molar-refractivity contribution is 0.0681. The Balaban J connectivity index is 1.87. The van der Waals surface area contributed by atoms with Crippen LogP contribution in [-0.4, -0.2) is 43.4 Å². The Bertz CT molecular complexity index is 1010. The molecule has 0 bridgehead atoms. The number of carbonyl (C=O) groups excluding carboxylic acids is 1. The molecule has 0 unspecified atom stereocenters. The maximum absolute atomic E-state index is 13.3. The Kier molecular flexibility index (Phi) is 6.88. The Morgan fingerprint density at radius 3 is 2.52 bits per heavy atom. The lowest BCUT2D eigenvalue weighted by Gasteiger charge is -2.29. The van der Waals surface area contributed by atoms with Gasteiger partial charge in [0.25, 0.3) is 5.91 Å². The van der Waals surface area contributed by atoms with Crippen LogP contribution in [0.3, 0.4) is 0 Å². The topological polar surface area (TPSA) is 63.7 Å². The number of ether oxygens (including phenoxy) is 1. The molecule has 0 radical (unpaired) electrons. The number of carbonyl (C=O) groups is 1. The van der Waals surface area contributed by atoms with Crippen LogP contribution in [-0.2, 0) is 16.4 Å². The van der Waals surface area contributed by atoms with Crippen molar-refractivity contribution >= 4 is 38.9 Å². The zero-order chi connectivity index (χ0) is 21.0. The molecule has 1 heterocycles. The van der Waals surface area contributed by atoms with Gasteiger partial charge in [0.1, 0.15) is 12.4 Å². The van der Waals surface area contributed by atoms with Gasteiger partial charge in [-0.2, -0.15) is 0 Å². The average molecular weight is 454 g/mol. The number of nitrogens with zero attached hydrogens (tertiary/aromatic N) is 1. The molecular weight excluding hydrogens is 433 g/mol. The maximum atomic E-state index is 13.3. The molecule has 1 aliphatic heterocycles. The Labute approximate surface area is 180 Å². The highest BCUT2D eigenvalue weighted by Crippen LogP contribution is 2.27. The number of sulfone groups is 1. The molecular formula is C21H21Cl2NO4S. The van der Waals surface area contributed by atoms with E-state index in [1.165, 1.54) is 0 Å². The smallest absolute Gasteiger partial charge is 0.254 e. The van der Waals surface area contributed by atoms with Crippen LogP contribution in [0.5, 0.6) is 5.75 Å². The summed E-state index contributed by atoms with van der Waals surface area (Å²) in [5.41, 5.74) is 1.16. The standard InChI is InChI=1S/C21H21Cl2NO4S/c1-2-10-28-19-7-4-15(5-8-19)21(25)24(18-9-11-29(26,27)14-18)13-16-3-6-17(22)12-20(16)23/h2-8,12,18H,1,9-11,13-14H2/t18-/m0/s1. The fourth-order valence-corrected chi connectivity index (χ4v) is 5.44. The van der Waals surface area contributed by atoms with Gasteiger partial charge in [0.15, 0.2) is 9.84 Å². The van der Waals surface area contributed by atoms with Crippen LogP contribution in [0.15, 0.2) is 55.1 Å². The van der Waals surface area contributed by atoms with Gasteiger partial charge in [-0.15, -0.1) is 0 Å². The second kappa shape index (κ2) is 9.20. The molecule has 3 rings (SSSR count). The first kappa shape index (κ1) is 21.7. The first-order valence-electron chi connectivity index (χ1n) is 9.08. The van der Waals surface area contributed by atoms with Crippen LogP contribution < -0.4 is 4.74 Å². The summed E-state index contributed by atoms with van der Waals surface area (Å²) < 4.78 is 29.5. The van der Waals surface area contributed by atoms with Gasteiger partial charge in [-0.3, -0.25) is 4.79 Å². The van der Waals surface area contributed by atoms with Crippen molar-refractivity contribution in [2.45, 2.75) is 19.0 Å². The lowest BCUT2D eigenvalue weighted by atomic mass is 10.1. The van der Waals surface area contributed by atoms with E-state index in [0.29, 0.717) is 39.9 Å². The molecule has 0 N–H and O–H groups in total. The number of rotatable bonds is 7. The van der Waals surface area contributed by atoms with Gasteiger partial charge in [0, 0.05) is 28.2 Å².